The molecule has 2 aliphatic rings. The SMILES string of the molecule is O=C(NC1CC2CSCC2C1)C(F)Cl. The number of nitrogens with one attached hydrogen (secondary N) is 1. The molecule has 0 aromatic heterocycles. The van der Waals surface area contributed by atoms with Gasteiger partial charge in [-0.2, -0.15) is 11.8 Å². The van der Waals surface area contributed by atoms with Crippen LogP contribution in [0, 0.1) is 11.8 Å². The summed E-state index contributed by atoms with van der Waals surface area (Å²) in [4.78, 5) is 11.0. The molecule has 3 atom stereocenters. The second-order valence-electron chi connectivity index (χ2n) is 4.04. The van der Waals surface area contributed by atoms with Crippen molar-refractivity contribution in [2.75, 3.05) is 11.5 Å². The van der Waals surface area contributed by atoms with Crippen LogP contribution in [-0.2, 0) is 4.79 Å². The van der Waals surface area contributed by atoms with Crippen LogP contribution in [0.25, 0.3) is 0 Å². The first-order chi connectivity index (χ1) is 6.66. The fourth-order valence-corrected chi connectivity index (χ4v) is 3.99. The minimum Gasteiger partial charge on any atom is -0.350 e. The summed E-state index contributed by atoms with van der Waals surface area (Å²) in [5.41, 5.74) is -1.90. The zero-order valence-corrected chi connectivity index (χ0v) is 9.28. The van der Waals surface area contributed by atoms with Crippen molar-refractivity contribution < 1.29 is 9.18 Å². The first-order valence-corrected chi connectivity index (χ1v) is 6.42. The second kappa shape index (κ2) is 4.27. The van der Waals surface area contributed by atoms with E-state index >= 15 is 0 Å². The number of carbonyl (C=O) groups excluding carboxylic acids is 1. The lowest BCUT2D eigenvalue weighted by Gasteiger charge is -2.13. The van der Waals surface area contributed by atoms with Gasteiger partial charge in [-0.3, -0.25) is 4.79 Å². The number of hydrogen-bond acceptors (Lipinski definition) is 2. The maximum Gasteiger partial charge on any atom is 0.270 e. The summed E-state index contributed by atoms with van der Waals surface area (Å²) in [5.74, 6) is 3.15. The Morgan fingerprint density at radius 3 is 2.50 bits per heavy atom. The fourth-order valence-electron chi connectivity index (χ4n) is 2.37. The number of amides is 1. The van der Waals surface area contributed by atoms with E-state index in [1.54, 1.807) is 0 Å². The number of rotatable bonds is 2. The van der Waals surface area contributed by atoms with Gasteiger partial charge in [0.15, 0.2) is 0 Å². The lowest BCUT2D eigenvalue weighted by molar-refractivity contribution is -0.124. The third kappa shape index (κ3) is 2.16. The molecule has 2 nitrogen and oxygen atoms in total. The quantitative estimate of drug-likeness (QED) is 0.742. The summed E-state index contributed by atoms with van der Waals surface area (Å²) in [6.45, 7) is 0. The van der Waals surface area contributed by atoms with Crippen LogP contribution in [0.3, 0.4) is 0 Å². The highest BCUT2D eigenvalue weighted by molar-refractivity contribution is 7.99. The van der Waals surface area contributed by atoms with Gasteiger partial charge in [0.2, 0.25) is 0 Å². The van der Waals surface area contributed by atoms with Crippen LogP contribution < -0.4 is 5.32 Å². The Bertz CT molecular complexity index is 227. The van der Waals surface area contributed by atoms with Crippen LogP contribution in [0.15, 0.2) is 0 Å². The summed E-state index contributed by atoms with van der Waals surface area (Å²) in [5, 5.41) is 2.65. The third-order valence-electron chi connectivity index (χ3n) is 3.05. The molecule has 1 saturated carbocycles. The smallest absolute Gasteiger partial charge is 0.270 e. The van der Waals surface area contributed by atoms with Gasteiger partial charge in [0.05, 0.1) is 0 Å². The van der Waals surface area contributed by atoms with Gasteiger partial charge in [-0.15, -0.1) is 0 Å². The molecule has 0 radical (unpaired) electrons. The Labute approximate surface area is 92.0 Å². The van der Waals surface area contributed by atoms with Crippen molar-refractivity contribution in [1.29, 1.82) is 0 Å². The van der Waals surface area contributed by atoms with Crippen LogP contribution in [0.4, 0.5) is 4.39 Å². The van der Waals surface area contributed by atoms with E-state index in [2.05, 4.69) is 5.32 Å². The number of hydrogen-bond donors (Lipinski definition) is 1. The molecule has 1 aliphatic carbocycles. The van der Waals surface area contributed by atoms with E-state index in [1.807, 2.05) is 11.8 Å². The zero-order chi connectivity index (χ0) is 10.1. The normalized spacial score (nSPS) is 38.0. The molecule has 0 bridgehead atoms. The maximum absolute atomic E-state index is 12.4. The number of carbonyl (C=O) groups is 1. The molecule has 1 amide bonds. The topological polar surface area (TPSA) is 29.1 Å². The van der Waals surface area contributed by atoms with Crippen molar-refractivity contribution in [3.63, 3.8) is 0 Å². The number of thioether (sulfide) groups is 1. The van der Waals surface area contributed by atoms with Crippen molar-refractivity contribution in [2.24, 2.45) is 11.8 Å². The van der Waals surface area contributed by atoms with Gasteiger partial charge in [0.25, 0.3) is 11.5 Å². The fraction of sp³-hybridized carbons (Fsp3) is 0.889. The van der Waals surface area contributed by atoms with Crippen LogP contribution in [-0.4, -0.2) is 29.1 Å². The summed E-state index contributed by atoms with van der Waals surface area (Å²) in [6, 6.07) is 0.149. The Kier molecular flexibility index (Phi) is 3.22. The number of halogens is 2. The molecule has 1 aliphatic heterocycles. The molecular formula is C9H13ClFNOS. The van der Waals surface area contributed by atoms with E-state index in [0.29, 0.717) is 0 Å². The molecule has 14 heavy (non-hydrogen) atoms. The largest absolute Gasteiger partial charge is 0.350 e. The number of fused-ring (bicyclic) bond motifs is 1. The van der Waals surface area contributed by atoms with Crippen molar-refractivity contribution in [3.05, 3.63) is 0 Å². The molecule has 5 heteroatoms. The Balaban J connectivity index is 1.82. The lowest BCUT2D eigenvalue weighted by Crippen LogP contribution is -2.37. The van der Waals surface area contributed by atoms with E-state index in [0.717, 1.165) is 24.7 Å². The van der Waals surface area contributed by atoms with Gasteiger partial charge in [-0.1, -0.05) is 11.6 Å². The minimum atomic E-state index is -1.90. The molecule has 1 saturated heterocycles. The Morgan fingerprint density at radius 2 is 2.00 bits per heavy atom. The maximum atomic E-state index is 12.4. The molecule has 1 heterocycles. The molecule has 80 valence electrons. The average Bonchev–Trinajstić information content (AvgIpc) is 2.63. The van der Waals surface area contributed by atoms with E-state index in [9.17, 15) is 9.18 Å². The highest BCUT2D eigenvalue weighted by Gasteiger charge is 2.38. The Morgan fingerprint density at radius 1 is 1.43 bits per heavy atom. The van der Waals surface area contributed by atoms with Gasteiger partial charge < -0.3 is 5.32 Å². The van der Waals surface area contributed by atoms with E-state index in [4.69, 9.17) is 11.6 Å². The van der Waals surface area contributed by atoms with Crippen molar-refractivity contribution >= 4 is 29.3 Å². The summed E-state index contributed by atoms with van der Waals surface area (Å²) >= 11 is 7.02. The van der Waals surface area contributed by atoms with Gasteiger partial charge in [-0.25, -0.2) is 4.39 Å². The third-order valence-corrected chi connectivity index (χ3v) is 4.58. The predicted octanol–water partition coefficient (Wildman–Crippen LogP) is 1.78. The lowest BCUT2D eigenvalue weighted by atomic mass is 10.0. The van der Waals surface area contributed by atoms with Gasteiger partial charge in [-0.05, 0) is 36.2 Å². The molecular weight excluding hydrogens is 225 g/mol. The van der Waals surface area contributed by atoms with Gasteiger partial charge in [0.1, 0.15) is 0 Å². The average molecular weight is 238 g/mol. The highest BCUT2D eigenvalue weighted by Crippen LogP contribution is 2.41. The highest BCUT2D eigenvalue weighted by atomic mass is 35.5. The number of alkyl halides is 2. The zero-order valence-electron chi connectivity index (χ0n) is 7.71. The minimum absolute atomic E-state index is 0.149. The van der Waals surface area contributed by atoms with E-state index in [-0.39, 0.29) is 6.04 Å². The molecule has 0 aromatic carbocycles. The Hall–Kier alpha value is 0.0400. The molecule has 3 unspecified atom stereocenters. The van der Waals surface area contributed by atoms with Crippen molar-refractivity contribution in [2.45, 2.75) is 24.5 Å². The monoisotopic (exact) mass is 237 g/mol. The first kappa shape index (κ1) is 10.6. The molecule has 0 aromatic rings. The van der Waals surface area contributed by atoms with Gasteiger partial charge in [0, 0.05) is 6.04 Å². The molecule has 0 spiro atoms. The standard InChI is InChI=1S/C9H13ClFNOS/c10-8(11)9(13)12-7-1-5-3-14-4-6(5)2-7/h5-8H,1-4H2,(H,12,13). The van der Waals surface area contributed by atoms with Crippen LogP contribution in [0.2, 0.25) is 0 Å². The van der Waals surface area contributed by atoms with Crippen LogP contribution in [0.5, 0.6) is 0 Å². The van der Waals surface area contributed by atoms with Crippen LogP contribution in [0.1, 0.15) is 12.8 Å². The first-order valence-electron chi connectivity index (χ1n) is 4.83. The van der Waals surface area contributed by atoms with Crippen molar-refractivity contribution in [1.82, 2.24) is 5.32 Å². The van der Waals surface area contributed by atoms with Crippen molar-refractivity contribution in [3.8, 4) is 0 Å². The van der Waals surface area contributed by atoms with Crippen LogP contribution >= 0.6 is 23.4 Å². The summed E-state index contributed by atoms with van der Waals surface area (Å²) < 4.78 is 12.4. The summed E-state index contributed by atoms with van der Waals surface area (Å²) in [7, 11) is 0. The van der Waals surface area contributed by atoms with E-state index in [1.165, 1.54) is 11.5 Å². The van der Waals surface area contributed by atoms with Gasteiger partial charge >= 0.3 is 0 Å². The van der Waals surface area contributed by atoms with E-state index < -0.39 is 11.5 Å². The molecule has 1 N–H and O–H groups in total. The molecule has 2 rings (SSSR count). The predicted molar refractivity (Wildman–Crippen MR) is 56.2 cm³/mol. The second-order valence-corrected chi connectivity index (χ2v) is 5.49. The molecule has 2 fully saturated rings. The summed E-state index contributed by atoms with van der Waals surface area (Å²) in [6.07, 6.45) is 1.99.